The number of likely N-dealkylation sites (N-methyl/N-ethyl adjacent to an activating group) is 1. The van der Waals surface area contributed by atoms with Crippen molar-refractivity contribution >= 4 is 16.6 Å². The van der Waals surface area contributed by atoms with Gasteiger partial charge in [-0.15, -0.1) is 0 Å². The second-order valence-electron chi connectivity index (χ2n) is 6.47. The summed E-state index contributed by atoms with van der Waals surface area (Å²) in [7, 11) is 2.18. The molecule has 0 unspecified atom stereocenters. The summed E-state index contributed by atoms with van der Waals surface area (Å²) in [6.45, 7) is 7.54. The fraction of sp³-hybridized carbons (Fsp3) is 0.471. The highest BCUT2D eigenvalue weighted by molar-refractivity contribution is 5.94. The molecule has 1 aliphatic rings. The fourth-order valence-corrected chi connectivity index (χ4v) is 3.04. The minimum atomic E-state index is 0.0298. The van der Waals surface area contributed by atoms with Gasteiger partial charge in [0.2, 0.25) is 0 Å². The quantitative estimate of drug-likeness (QED) is 0.919. The molecule has 1 aromatic heterocycles. The number of nitrogens with zero attached hydrogens (tertiary/aromatic N) is 3. The van der Waals surface area contributed by atoms with E-state index in [1.807, 2.05) is 18.3 Å². The zero-order valence-electron chi connectivity index (χ0n) is 13.0. The van der Waals surface area contributed by atoms with Crippen LogP contribution in [0.15, 0.2) is 30.5 Å². The lowest BCUT2D eigenvalue weighted by Crippen LogP contribution is -2.57. The van der Waals surface area contributed by atoms with Crippen LogP contribution in [0.2, 0.25) is 0 Å². The van der Waals surface area contributed by atoms with Gasteiger partial charge in [0.25, 0.3) is 0 Å². The average molecular weight is 285 g/mol. The predicted molar refractivity (Wildman–Crippen MR) is 86.6 cm³/mol. The number of piperazine rings is 1. The molecule has 0 spiro atoms. The van der Waals surface area contributed by atoms with Crippen LogP contribution in [0.25, 0.3) is 10.8 Å². The second-order valence-corrected chi connectivity index (χ2v) is 6.47. The van der Waals surface area contributed by atoms with Crippen molar-refractivity contribution in [2.24, 2.45) is 0 Å². The van der Waals surface area contributed by atoms with Gasteiger partial charge < -0.3 is 10.0 Å². The first-order valence-electron chi connectivity index (χ1n) is 7.46. The first-order chi connectivity index (χ1) is 10.0. The maximum absolute atomic E-state index is 9.49. The Morgan fingerprint density at radius 3 is 2.57 bits per heavy atom. The Morgan fingerprint density at radius 2 is 1.90 bits per heavy atom. The standard InChI is InChI=1S/C17H23N3O/c1-17(2)12-20(9-8-19(17)3)16-15-7-5-4-6-14(15)13(11-21)10-18-16/h4-7,10,21H,8-9,11-12H2,1-3H3. The molecular formula is C17H23N3O. The number of pyridine rings is 1. The van der Waals surface area contributed by atoms with Gasteiger partial charge in [-0.2, -0.15) is 0 Å². The molecule has 0 aliphatic carbocycles. The van der Waals surface area contributed by atoms with Gasteiger partial charge in [-0.25, -0.2) is 4.98 Å². The van der Waals surface area contributed by atoms with Crippen LogP contribution in [0.5, 0.6) is 0 Å². The van der Waals surface area contributed by atoms with Crippen LogP contribution < -0.4 is 4.90 Å². The van der Waals surface area contributed by atoms with Gasteiger partial charge in [-0.3, -0.25) is 4.90 Å². The highest BCUT2D eigenvalue weighted by Crippen LogP contribution is 2.30. The van der Waals surface area contributed by atoms with Crippen molar-refractivity contribution in [2.75, 3.05) is 31.6 Å². The van der Waals surface area contributed by atoms with Gasteiger partial charge in [0.05, 0.1) is 6.61 Å². The molecule has 1 fully saturated rings. The van der Waals surface area contributed by atoms with Crippen LogP contribution in [0.4, 0.5) is 5.82 Å². The number of aliphatic hydroxyl groups excluding tert-OH is 1. The molecule has 1 aromatic carbocycles. The average Bonchev–Trinajstić information content (AvgIpc) is 2.49. The lowest BCUT2D eigenvalue weighted by atomic mass is 9.99. The fourth-order valence-electron chi connectivity index (χ4n) is 3.04. The van der Waals surface area contributed by atoms with Gasteiger partial charge in [0.15, 0.2) is 0 Å². The van der Waals surface area contributed by atoms with Crippen LogP contribution in [0, 0.1) is 0 Å². The molecule has 0 amide bonds. The predicted octanol–water partition coefficient (Wildman–Crippen LogP) is 2.26. The Labute approximate surface area is 126 Å². The van der Waals surface area contributed by atoms with E-state index in [4.69, 9.17) is 0 Å². The van der Waals surface area contributed by atoms with E-state index in [1.165, 1.54) is 0 Å². The number of hydrogen-bond acceptors (Lipinski definition) is 4. The molecule has 0 bridgehead atoms. The molecule has 21 heavy (non-hydrogen) atoms. The zero-order valence-corrected chi connectivity index (χ0v) is 13.0. The van der Waals surface area contributed by atoms with Crippen LogP contribution in [-0.2, 0) is 6.61 Å². The van der Waals surface area contributed by atoms with E-state index < -0.39 is 0 Å². The molecule has 112 valence electrons. The third-order valence-electron chi connectivity index (χ3n) is 4.64. The molecule has 1 saturated heterocycles. The Balaban J connectivity index is 2.05. The van der Waals surface area contributed by atoms with Gasteiger partial charge >= 0.3 is 0 Å². The Hall–Kier alpha value is -1.65. The number of rotatable bonds is 2. The summed E-state index contributed by atoms with van der Waals surface area (Å²) in [6.07, 6.45) is 1.81. The monoisotopic (exact) mass is 285 g/mol. The van der Waals surface area contributed by atoms with Crippen LogP contribution in [0.1, 0.15) is 19.4 Å². The number of anilines is 1. The van der Waals surface area contributed by atoms with E-state index >= 15 is 0 Å². The van der Waals surface area contributed by atoms with Crippen LogP contribution in [0.3, 0.4) is 0 Å². The molecule has 2 heterocycles. The minimum absolute atomic E-state index is 0.0298. The minimum Gasteiger partial charge on any atom is -0.392 e. The van der Waals surface area contributed by atoms with Crippen molar-refractivity contribution in [1.82, 2.24) is 9.88 Å². The van der Waals surface area contributed by atoms with Crippen molar-refractivity contribution in [1.29, 1.82) is 0 Å². The van der Waals surface area contributed by atoms with E-state index in [0.29, 0.717) is 0 Å². The first kappa shape index (κ1) is 14.3. The second kappa shape index (κ2) is 5.28. The lowest BCUT2D eigenvalue weighted by Gasteiger charge is -2.46. The lowest BCUT2D eigenvalue weighted by molar-refractivity contribution is 0.138. The number of aromatic nitrogens is 1. The third-order valence-corrected chi connectivity index (χ3v) is 4.64. The molecule has 1 aliphatic heterocycles. The topological polar surface area (TPSA) is 39.6 Å². The van der Waals surface area contributed by atoms with E-state index in [2.05, 4.69) is 47.8 Å². The summed E-state index contributed by atoms with van der Waals surface area (Å²) in [4.78, 5) is 9.40. The zero-order chi connectivity index (χ0) is 15.0. The summed E-state index contributed by atoms with van der Waals surface area (Å²) in [5.74, 6) is 1.03. The normalized spacial score (nSPS) is 19.1. The summed E-state index contributed by atoms with van der Waals surface area (Å²) in [6, 6.07) is 8.21. The van der Waals surface area contributed by atoms with Gasteiger partial charge in [0.1, 0.15) is 5.82 Å². The van der Waals surface area contributed by atoms with E-state index in [0.717, 1.165) is 41.8 Å². The van der Waals surface area contributed by atoms with Gasteiger partial charge in [-0.1, -0.05) is 24.3 Å². The molecule has 2 aromatic rings. The number of benzene rings is 1. The smallest absolute Gasteiger partial charge is 0.136 e. The maximum Gasteiger partial charge on any atom is 0.136 e. The largest absolute Gasteiger partial charge is 0.392 e. The van der Waals surface area contributed by atoms with Crippen molar-refractivity contribution in [3.8, 4) is 0 Å². The van der Waals surface area contributed by atoms with Gasteiger partial charge in [0, 0.05) is 42.3 Å². The summed E-state index contributed by atoms with van der Waals surface area (Å²) < 4.78 is 0. The number of aliphatic hydroxyl groups is 1. The third kappa shape index (κ3) is 2.49. The van der Waals surface area contributed by atoms with Crippen molar-refractivity contribution in [3.05, 3.63) is 36.0 Å². The Kier molecular flexibility index (Phi) is 3.59. The maximum atomic E-state index is 9.49. The first-order valence-corrected chi connectivity index (χ1v) is 7.46. The summed E-state index contributed by atoms with van der Waals surface area (Å²) >= 11 is 0. The highest BCUT2D eigenvalue weighted by atomic mass is 16.3. The van der Waals surface area contributed by atoms with Crippen LogP contribution in [-0.4, -0.2) is 47.2 Å². The van der Waals surface area contributed by atoms with Crippen LogP contribution >= 0.6 is 0 Å². The molecule has 4 heteroatoms. The molecular weight excluding hydrogens is 262 g/mol. The molecule has 3 rings (SSSR count). The Bertz CT molecular complexity index is 654. The SMILES string of the molecule is CN1CCN(c2ncc(CO)c3ccccc23)CC1(C)C. The van der Waals surface area contributed by atoms with Crippen molar-refractivity contribution in [2.45, 2.75) is 26.0 Å². The van der Waals surface area contributed by atoms with E-state index in [1.54, 1.807) is 0 Å². The molecule has 4 nitrogen and oxygen atoms in total. The summed E-state index contributed by atoms with van der Waals surface area (Å²) in [5, 5.41) is 11.7. The molecule has 1 N–H and O–H groups in total. The molecule has 0 saturated carbocycles. The van der Waals surface area contributed by atoms with E-state index in [-0.39, 0.29) is 12.1 Å². The number of fused-ring (bicyclic) bond motifs is 1. The molecule has 0 atom stereocenters. The highest BCUT2D eigenvalue weighted by Gasteiger charge is 2.32. The van der Waals surface area contributed by atoms with Crippen molar-refractivity contribution in [3.63, 3.8) is 0 Å². The summed E-state index contributed by atoms with van der Waals surface area (Å²) in [5.41, 5.74) is 1.03. The van der Waals surface area contributed by atoms with Crippen molar-refractivity contribution < 1.29 is 5.11 Å². The number of hydrogen-bond donors (Lipinski definition) is 1. The van der Waals surface area contributed by atoms with Gasteiger partial charge in [-0.05, 0) is 26.3 Å². The molecule has 0 radical (unpaired) electrons. The Morgan fingerprint density at radius 1 is 1.19 bits per heavy atom. The van der Waals surface area contributed by atoms with E-state index in [9.17, 15) is 5.11 Å².